The van der Waals surface area contributed by atoms with Crippen LogP contribution in [-0.4, -0.2) is 15.7 Å². The van der Waals surface area contributed by atoms with E-state index >= 15 is 0 Å². The van der Waals surface area contributed by atoms with Crippen LogP contribution in [0, 0.1) is 6.92 Å². The van der Waals surface area contributed by atoms with Crippen molar-refractivity contribution >= 4 is 23.3 Å². The zero-order valence-electron chi connectivity index (χ0n) is 9.57. The van der Waals surface area contributed by atoms with Gasteiger partial charge < -0.3 is 5.32 Å². The predicted octanol–water partition coefficient (Wildman–Crippen LogP) is 2.79. The van der Waals surface area contributed by atoms with Crippen LogP contribution in [0.1, 0.15) is 12.6 Å². The van der Waals surface area contributed by atoms with E-state index in [-0.39, 0.29) is 5.91 Å². The van der Waals surface area contributed by atoms with Gasteiger partial charge in [-0.3, -0.25) is 4.79 Å². The lowest BCUT2D eigenvalue weighted by molar-refractivity contribution is -0.114. The molecule has 0 atom stereocenters. The molecule has 4 nitrogen and oxygen atoms in total. The van der Waals surface area contributed by atoms with Crippen LogP contribution in [0.2, 0.25) is 5.02 Å². The second-order valence-electron chi connectivity index (χ2n) is 3.74. The first-order valence-electron chi connectivity index (χ1n) is 5.16. The SMILES string of the molecule is CC(=O)Nc1cc(C)n(-c2ccc(Cl)cc2)n1. The molecule has 17 heavy (non-hydrogen) atoms. The Hall–Kier alpha value is -1.81. The minimum Gasteiger partial charge on any atom is -0.309 e. The van der Waals surface area contributed by atoms with Crippen LogP contribution in [0.4, 0.5) is 5.82 Å². The summed E-state index contributed by atoms with van der Waals surface area (Å²) in [6, 6.07) is 9.17. The average molecular weight is 250 g/mol. The molecule has 0 radical (unpaired) electrons. The molecule has 0 spiro atoms. The fraction of sp³-hybridized carbons (Fsp3) is 0.167. The van der Waals surface area contributed by atoms with Crippen molar-refractivity contribution in [3.05, 3.63) is 41.0 Å². The highest BCUT2D eigenvalue weighted by Gasteiger charge is 2.06. The average Bonchev–Trinajstić information content (AvgIpc) is 2.59. The predicted molar refractivity (Wildman–Crippen MR) is 67.6 cm³/mol. The van der Waals surface area contributed by atoms with Gasteiger partial charge in [0.2, 0.25) is 5.91 Å². The molecule has 1 N–H and O–H groups in total. The normalized spacial score (nSPS) is 10.3. The van der Waals surface area contributed by atoms with E-state index < -0.39 is 0 Å². The second kappa shape index (κ2) is 4.59. The van der Waals surface area contributed by atoms with Crippen molar-refractivity contribution in [2.24, 2.45) is 0 Å². The molecule has 0 saturated heterocycles. The fourth-order valence-electron chi connectivity index (χ4n) is 1.56. The first kappa shape index (κ1) is 11.7. The molecule has 1 amide bonds. The summed E-state index contributed by atoms with van der Waals surface area (Å²) in [6.07, 6.45) is 0. The fourth-order valence-corrected chi connectivity index (χ4v) is 1.69. The number of carbonyl (C=O) groups is 1. The lowest BCUT2D eigenvalue weighted by Crippen LogP contribution is -2.07. The molecule has 1 aromatic carbocycles. The zero-order chi connectivity index (χ0) is 12.4. The highest BCUT2D eigenvalue weighted by molar-refractivity contribution is 6.30. The monoisotopic (exact) mass is 249 g/mol. The van der Waals surface area contributed by atoms with Crippen LogP contribution >= 0.6 is 11.6 Å². The molecule has 0 aliphatic rings. The molecule has 0 unspecified atom stereocenters. The van der Waals surface area contributed by atoms with Crippen molar-refractivity contribution in [3.63, 3.8) is 0 Å². The number of nitrogens with one attached hydrogen (secondary N) is 1. The Morgan fingerprint density at radius 3 is 2.59 bits per heavy atom. The summed E-state index contributed by atoms with van der Waals surface area (Å²) in [5.74, 6) is 0.413. The van der Waals surface area contributed by atoms with Gasteiger partial charge in [-0.25, -0.2) is 4.68 Å². The van der Waals surface area contributed by atoms with E-state index in [2.05, 4.69) is 10.4 Å². The van der Waals surface area contributed by atoms with E-state index in [9.17, 15) is 4.79 Å². The number of anilines is 1. The van der Waals surface area contributed by atoms with E-state index in [4.69, 9.17) is 11.6 Å². The van der Waals surface area contributed by atoms with E-state index in [1.54, 1.807) is 16.8 Å². The molecular formula is C12H12ClN3O. The van der Waals surface area contributed by atoms with Gasteiger partial charge in [0.05, 0.1) is 5.69 Å². The molecule has 0 bridgehead atoms. The molecule has 1 aromatic heterocycles. The van der Waals surface area contributed by atoms with E-state index in [0.29, 0.717) is 10.8 Å². The summed E-state index contributed by atoms with van der Waals surface area (Å²) in [4.78, 5) is 10.9. The van der Waals surface area contributed by atoms with Gasteiger partial charge in [-0.2, -0.15) is 0 Å². The summed E-state index contributed by atoms with van der Waals surface area (Å²) in [5.41, 5.74) is 1.85. The lowest BCUT2D eigenvalue weighted by Gasteiger charge is -2.03. The van der Waals surface area contributed by atoms with Crippen molar-refractivity contribution in [1.82, 2.24) is 9.78 Å². The number of aromatic nitrogens is 2. The van der Waals surface area contributed by atoms with E-state index in [1.807, 2.05) is 25.1 Å². The van der Waals surface area contributed by atoms with Crippen molar-refractivity contribution in [2.75, 3.05) is 5.32 Å². The molecule has 5 heteroatoms. The number of hydrogen-bond acceptors (Lipinski definition) is 2. The summed E-state index contributed by atoms with van der Waals surface area (Å²) in [6.45, 7) is 3.38. The van der Waals surface area contributed by atoms with Crippen LogP contribution in [0.3, 0.4) is 0 Å². The number of aryl methyl sites for hydroxylation is 1. The van der Waals surface area contributed by atoms with Gasteiger partial charge in [0, 0.05) is 23.7 Å². The van der Waals surface area contributed by atoms with Crippen LogP contribution in [0.25, 0.3) is 5.69 Å². The van der Waals surface area contributed by atoms with Gasteiger partial charge in [0.1, 0.15) is 0 Å². The Bertz CT molecular complexity index is 545. The van der Waals surface area contributed by atoms with Crippen LogP contribution in [-0.2, 0) is 4.79 Å². The maximum Gasteiger partial charge on any atom is 0.222 e. The summed E-state index contributed by atoms with van der Waals surface area (Å²) < 4.78 is 1.75. The number of benzene rings is 1. The number of amides is 1. The molecule has 0 saturated carbocycles. The van der Waals surface area contributed by atoms with Crippen molar-refractivity contribution < 1.29 is 4.79 Å². The second-order valence-corrected chi connectivity index (χ2v) is 4.18. The van der Waals surface area contributed by atoms with Gasteiger partial charge >= 0.3 is 0 Å². The molecule has 2 rings (SSSR count). The molecule has 0 fully saturated rings. The molecule has 88 valence electrons. The standard InChI is InChI=1S/C12H12ClN3O/c1-8-7-12(14-9(2)17)15-16(8)11-5-3-10(13)4-6-11/h3-7H,1-2H3,(H,14,15,17). The molecule has 0 aliphatic heterocycles. The van der Waals surface area contributed by atoms with Crippen LogP contribution < -0.4 is 5.32 Å². The quantitative estimate of drug-likeness (QED) is 0.890. The number of hydrogen-bond donors (Lipinski definition) is 1. The Morgan fingerprint density at radius 1 is 1.35 bits per heavy atom. The minimum atomic E-state index is -0.134. The minimum absolute atomic E-state index is 0.134. The third kappa shape index (κ3) is 2.65. The number of nitrogens with zero attached hydrogens (tertiary/aromatic N) is 2. The lowest BCUT2D eigenvalue weighted by atomic mass is 10.3. The van der Waals surface area contributed by atoms with Crippen molar-refractivity contribution in [2.45, 2.75) is 13.8 Å². The zero-order valence-corrected chi connectivity index (χ0v) is 10.3. The smallest absolute Gasteiger partial charge is 0.222 e. The molecular weight excluding hydrogens is 238 g/mol. The Balaban J connectivity index is 2.35. The Morgan fingerprint density at radius 2 is 2.00 bits per heavy atom. The van der Waals surface area contributed by atoms with Gasteiger partial charge in [-0.05, 0) is 31.2 Å². The maximum absolute atomic E-state index is 10.9. The summed E-state index contributed by atoms with van der Waals surface area (Å²) in [7, 11) is 0. The number of rotatable bonds is 2. The summed E-state index contributed by atoms with van der Waals surface area (Å²) in [5, 5.41) is 7.62. The van der Waals surface area contributed by atoms with Crippen LogP contribution in [0.15, 0.2) is 30.3 Å². The highest BCUT2D eigenvalue weighted by Crippen LogP contribution is 2.17. The largest absolute Gasteiger partial charge is 0.309 e. The third-order valence-corrected chi connectivity index (χ3v) is 2.51. The Kier molecular flexibility index (Phi) is 3.15. The van der Waals surface area contributed by atoms with E-state index in [1.165, 1.54) is 6.92 Å². The first-order valence-corrected chi connectivity index (χ1v) is 5.54. The maximum atomic E-state index is 10.9. The molecule has 1 heterocycles. The highest BCUT2D eigenvalue weighted by atomic mass is 35.5. The Labute approximate surface area is 104 Å². The van der Waals surface area contributed by atoms with Gasteiger partial charge in [0.25, 0.3) is 0 Å². The van der Waals surface area contributed by atoms with E-state index in [0.717, 1.165) is 11.4 Å². The topological polar surface area (TPSA) is 46.9 Å². The van der Waals surface area contributed by atoms with Gasteiger partial charge in [-0.1, -0.05) is 11.6 Å². The number of halogens is 1. The van der Waals surface area contributed by atoms with Gasteiger partial charge in [0.15, 0.2) is 5.82 Å². The third-order valence-electron chi connectivity index (χ3n) is 2.26. The summed E-state index contributed by atoms with van der Waals surface area (Å²) >= 11 is 5.83. The molecule has 2 aromatic rings. The number of carbonyl (C=O) groups excluding carboxylic acids is 1. The molecule has 0 aliphatic carbocycles. The first-order chi connectivity index (χ1) is 8.06. The van der Waals surface area contributed by atoms with Crippen LogP contribution in [0.5, 0.6) is 0 Å². The van der Waals surface area contributed by atoms with Gasteiger partial charge in [-0.15, -0.1) is 5.10 Å². The van der Waals surface area contributed by atoms with Crippen molar-refractivity contribution in [3.8, 4) is 5.69 Å². The van der Waals surface area contributed by atoms with Crippen molar-refractivity contribution in [1.29, 1.82) is 0 Å².